The Bertz CT molecular complexity index is 932. The minimum Gasteiger partial charge on any atom is -0.360 e. The van der Waals surface area contributed by atoms with Crippen molar-refractivity contribution in [3.63, 3.8) is 0 Å². The first-order chi connectivity index (χ1) is 11.5. The zero-order valence-electron chi connectivity index (χ0n) is 13.9. The van der Waals surface area contributed by atoms with Gasteiger partial charge in [-0.2, -0.15) is 5.10 Å². The van der Waals surface area contributed by atoms with Gasteiger partial charge in [-0.3, -0.25) is 9.69 Å². The van der Waals surface area contributed by atoms with E-state index in [1.165, 1.54) is 16.8 Å². The summed E-state index contributed by atoms with van der Waals surface area (Å²) in [5.41, 5.74) is 1.55. The van der Waals surface area contributed by atoms with Crippen molar-refractivity contribution in [1.29, 1.82) is 0 Å². The molecule has 1 aromatic carbocycles. The molecule has 24 heavy (non-hydrogen) atoms. The van der Waals surface area contributed by atoms with Crippen LogP contribution in [0.5, 0.6) is 0 Å². The standard InChI is InChI=1S/C17H19FN4O2/c1-4-21(9-13-6-5-7-14(18)8-13)10-22-17(23)16-15(11(2)19-22)12(3)24-20-16/h5-8H,4,9-10H2,1-3H3. The summed E-state index contributed by atoms with van der Waals surface area (Å²) in [6, 6.07) is 6.44. The van der Waals surface area contributed by atoms with E-state index in [-0.39, 0.29) is 11.4 Å². The smallest absolute Gasteiger partial charge is 0.298 e. The fourth-order valence-corrected chi connectivity index (χ4v) is 2.78. The Morgan fingerprint density at radius 1 is 1.33 bits per heavy atom. The van der Waals surface area contributed by atoms with Crippen LogP contribution >= 0.6 is 0 Å². The Labute approximate surface area is 138 Å². The number of rotatable bonds is 5. The molecule has 3 aromatic rings. The van der Waals surface area contributed by atoms with Crippen molar-refractivity contribution in [2.75, 3.05) is 6.54 Å². The van der Waals surface area contributed by atoms with Crippen LogP contribution in [0.2, 0.25) is 0 Å². The Balaban J connectivity index is 1.90. The van der Waals surface area contributed by atoms with Gasteiger partial charge in [0, 0.05) is 6.54 Å². The normalized spacial score (nSPS) is 11.5. The Morgan fingerprint density at radius 3 is 2.83 bits per heavy atom. The summed E-state index contributed by atoms with van der Waals surface area (Å²) in [6.07, 6.45) is 0. The van der Waals surface area contributed by atoms with Crippen LogP contribution in [-0.2, 0) is 13.2 Å². The summed E-state index contributed by atoms with van der Waals surface area (Å²) in [7, 11) is 0. The second-order valence-corrected chi connectivity index (χ2v) is 5.77. The van der Waals surface area contributed by atoms with Gasteiger partial charge < -0.3 is 4.52 Å². The molecule has 0 bridgehead atoms. The lowest BCUT2D eigenvalue weighted by Crippen LogP contribution is -2.34. The van der Waals surface area contributed by atoms with Gasteiger partial charge in [0.2, 0.25) is 0 Å². The Hall–Kier alpha value is -2.54. The van der Waals surface area contributed by atoms with E-state index < -0.39 is 0 Å². The fourth-order valence-electron chi connectivity index (χ4n) is 2.78. The molecule has 126 valence electrons. The van der Waals surface area contributed by atoms with Crippen LogP contribution in [0.1, 0.15) is 23.9 Å². The highest BCUT2D eigenvalue weighted by atomic mass is 19.1. The lowest BCUT2D eigenvalue weighted by molar-refractivity contribution is 0.204. The molecule has 0 amide bonds. The van der Waals surface area contributed by atoms with Crippen LogP contribution in [0, 0.1) is 19.7 Å². The van der Waals surface area contributed by atoms with E-state index in [0.29, 0.717) is 42.1 Å². The van der Waals surface area contributed by atoms with Crippen molar-refractivity contribution >= 4 is 10.9 Å². The molecule has 0 unspecified atom stereocenters. The molecule has 0 spiro atoms. The largest absolute Gasteiger partial charge is 0.360 e. The first-order valence-corrected chi connectivity index (χ1v) is 7.80. The van der Waals surface area contributed by atoms with E-state index in [0.717, 1.165) is 5.56 Å². The molecule has 7 heteroatoms. The molecule has 0 aliphatic rings. The maximum Gasteiger partial charge on any atom is 0.298 e. The third-order valence-corrected chi connectivity index (χ3v) is 4.01. The highest BCUT2D eigenvalue weighted by Crippen LogP contribution is 2.16. The van der Waals surface area contributed by atoms with Crippen molar-refractivity contribution in [2.24, 2.45) is 0 Å². The van der Waals surface area contributed by atoms with Crippen molar-refractivity contribution in [1.82, 2.24) is 19.8 Å². The molecule has 0 atom stereocenters. The van der Waals surface area contributed by atoms with E-state index in [9.17, 15) is 9.18 Å². The monoisotopic (exact) mass is 330 g/mol. The molecular formula is C17H19FN4O2. The van der Waals surface area contributed by atoms with Crippen molar-refractivity contribution in [2.45, 2.75) is 34.0 Å². The van der Waals surface area contributed by atoms with Crippen LogP contribution in [-0.4, -0.2) is 26.4 Å². The molecule has 0 N–H and O–H groups in total. The third kappa shape index (κ3) is 3.07. The molecule has 0 aliphatic carbocycles. The fraction of sp³-hybridized carbons (Fsp3) is 0.353. The first kappa shape index (κ1) is 16.3. The van der Waals surface area contributed by atoms with Gasteiger partial charge in [-0.1, -0.05) is 24.2 Å². The van der Waals surface area contributed by atoms with Gasteiger partial charge in [0.1, 0.15) is 11.6 Å². The van der Waals surface area contributed by atoms with Crippen LogP contribution in [0.15, 0.2) is 33.6 Å². The summed E-state index contributed by atoms with van der Waals surface area (Å²) in [6.45, 7) is 7.09. The number of fused-ring (bicyclic) bond motifs is 1. The van der Waals surface area contributed by atoms with Crippen LogP contribution in [0.4, 0.5) is 4.39 Å². The molecule has 0 saturated carbocycles. The number of nitrogens with zero attached hydrogens (tertiary/aromatic N) is 4. The van der Waals surface area contributed by atoms with Gasteiger partial charge in [-0.25, -0.2) is 9.07 Å². The molecule has 0 radical (unpaired) electrons. The third-order valence-electron chi connectivity index (χ3n) is 4.01. The molecule has 0 saturated heterocycles. The SMILES string of the molecule is CCN(Cc1cccc(F)c1)Cn1nc(C)c2c(C)onc2c1=O. The van der Waals surface area contributed by atoms with Crippen molar-refractivity contribution < 1.29 is 8.91 Å². The van der Waals surface area contributed by atoms with Crippen LogP contribution < -0.4 is 5.56 Å². The summed E-state index contributed by atoms with van der Waals surface area (Å²) >= 11 is 0. The maximum absolute atomic E-state index is 13.3. The second-order valence-electron chi connectivity index (χ2n) is 5.77. The van der Waals surface area contributed by atoms with Crippen molar-refractivity contribution in [3.8, 4) is 0 Å². The highest BCUT2D eigenvalue weighted by molar-refractivity contribution is 5.81. The van der Waals surface area contributed by atoms with E-state index in [2.05, 4.69) is 10.3 Å². The van der Waals surface area contributed by atoms with Gasteiger partial charge in [-0.05, 0) is 38.1 Å². The maximum atomic E-state index is 13.3. The number of hydrogen-bond donors (Lipinski definition) is 0. The number of aromatic nitrogens is 3. The predicted molar refractivity (Wildman–Crippen MR) is 88.0 cm³/mol. The number of benzene rings is 1. The topological polar surface area (TPSA) is 64.2 Å². The zero-order chi connectivity index (χ0) is 17.3. The number of hydrogen-bond acceptors (Lipinski definition) is 5. The predicted octanol–water partition coefficient (Wildman–Crippen LogP) is 2.62. The minimum absolute atomic E-state index is 0.269. The highest BCUT2D eigenvalue weighted by Gasteiger charge is 2.16. The number of halogens is 1. The lowest BCUT2D eigenvalue weighted by Gasteiger charge is -2.21. The summed E-state index contributed by atoms with van der Waals surface area (Å²) in [5, 5.41) is 8.89. The first-order valence-electron chi connectivity index (χ1n) is 7.80. The number of aryl methyl sites for hydroxylation is 2. The van der Waals surface area contributed by atoms with Gasteiger partial charge in [0.05, 0.1) is 17.7 Å². The molecule has 3 rings (SSSR count). The van der Waals surface area contributed by atoms with E-state index in [1.54, 1.807) is 13.0 Å². The van der Waals surface area contributed by atoms with Crippen molar-refractivity contribution in [3.05, 3.63) is 57.5 Å². The zero-order valence-corrected chi connectivity index (χ0v) is 13.9. The average Bonchev–Trinajstić information content (AvgIpc) is 2.94. The molecule has 0 aliphatic heterocycles. The molecule has 6 nitrogen and oxygen atoms in total. The van der Waals surface area contributed by atoms with Crippen LogP contribution in [0.3, 0.4) is 0 Å². The lowest BCUT2D eigenvalue weighted by atomic mass is 10.2. The Morgan fingerprint density at radius 2 is 2.12 bits per heavy atom. The summed E-state index contributed by atoms with van der Waals surface area (Å²) in [5.74, 6) is 0.320. The Kier molecular flexibility index (Phi) is 4.44. The second kappa shape index (κ2) is 6.52. The van der Waals surface area contributed by atoms with E-state index in [1.807, 2.05) is 24.8 Å². The summed E-state index contributed by atoms with van der Waals surface area (Å²) < 4.78 is 19.8. The van der Waals surface area contributed by atoms with Crippen LogP contribution in [0.25, 0.3) is 10.9 Å². The summed E-state index contributed by atoms with van der Waals surface area (Å²) in [4.78, 5) is 14.5. The van der Waals surface area contributed by atoms with E-state index in [4.69, 9.17) is 4.52 Å². The molecule has 2 heterocycles. The average molecular weight is 330 g/mol. The molecular weight excluding hydrogens is 311 g/mol. The quantitative estimate of drug-likeness (QED) is 0.719. The molecule has 0 fully saturated rings. The molecule has 2 aromatic heterocycles. The minimum atomic E-state index is -0.287. The van der Waals surface area contributed by atoms with Gasteiger partial charge in [0.15, 0.2) is 5.52 Å². The van der Waals surface area contributed by atoms with Gasteiger partial charge in [0.25, 0.3) is 5.56 Å². The van der Waals surface area contributed by atoms with E-state index >= 15 is 0 Å². The van der Waals surface area contributed by atoms with Gasteiger partial charge in [-0.15, -0.1) is 0 Å². The van der Waals surface area contributed by atoms with Gasteiger partial charge >= 0.3 is 0 Å².